The van der Waals surface area contributed by atoms with E-state index in [4.69, 9.17) is 8.83 Å². The zero-order chi connectivity index (χ0) is 24.2. The molecule has 0 spiro atoms. The van der Waals surface area contributed by atoms with Crippen LogP contribution in [0, 0.1) is 0 Å². The van der Waals surface area contributed by atoms with Gasteiger partial charge in [-0.25, -0.2) is 0 Å². The molecular formula is C24H18N4NiO6. The van der Waals surface area contributed by atoms with Gasteiger partial charge in [-0.1, -0.05) is 36.4 Å². The average Bonchev–Trinajstić information content (AvgIpc) is 3.55. The Labute approximate surface area is 209 Å². The van der Waals surface area contributed by atoms with Crippen LogP contribution in [0.2, 0.25) is 0 Å². The summed E-state index contributed by atoms with van der Waals surface area (Å²) in [5, 5.41) is 55.9. The zero-order valence-electron chi connectivity index (χ0n) is 17.9. The maximum atomic E-state index is 11.5. The summed E-state index contributed by atoms with van der Waals surface area (Å²) < 4.78 is 9.95. The number of hydrogen-bond acceptors (Lipinski definition) is 10. The number of rotatable bonds is 6. The summed E-state index contributed by atoms with van der Waals surface area (Å²) in [6.07, 6.45) is 5.62. The minimum atomic E-state index is -0.606. The molecule has 2 heterocycles. The molecule has 0 unspecified atom stereocenters. The second-order valence-corrected chi connectivity index (χ2v) is 6.36. The van der Waals surface area contributed by atoms with Crippen LogP contribution in [-0.4, -0.2) is 34.4 Å². The van der Waals surface area contributed by atoms with Gasteiger partial charge >= 0.3 is 16.5 Å². The van der Waals surface area contributed by atoms with Crippen molar-refractivity contribution in [2.24, 2.45) is 20.4 Å². The van der Waals surface area contributed by atoms with E-state index in [-0.39, 0.29) is 39.1 Å². The predicted octanol–water partition coefficient (Wildman–Crippen LogP) is 2.25. The van der Waals surface area contributed by atoms with Gasteiger partial charge in [-0.05, 0) is 36.4 Å². The Morgan fingerprint density at radius 3 is 1.37 bits per heavy atom. The quantitative estimate of drug-likeness (QED) is 0.173. The summed E-state index contributed by atoms with van der Waals surface area (Å²) in [6.45, 7) is 0. The van der Waals surface area contributed by atoms with E-state index in [1.807, 2.05) is 0 Å². The van der Waals surface area contributed by atoms with Gasteiger partial charge in [-0.15, -0.1) is 0 Å². The molecule has 4 aromatic rings. The van der Waals surface area contributed by atoms with Crippen LogP contribution >= 0.6 is 0 Å². The van der Waals surface area contributed by atoms with Crippen LogP contribution in [0.25, 0.3) is 0 Å². The fourth-order valence-electron chi connectivity index (χ4n) is 2.42. The van der Waals surface area contributed by atoms with Crippen molar-refractivity contribution in [3.63, 3.8) is 0 Å². The topological polar surface area (TPSA) is 162 Å². The van der Waals surface area contributed by atoms with E-state index in [0.717, 1.165) is 0 Å². The average molecular weight is 517 g/mol. The van der Waals surface area contributed by atoms with Gasteiger partial charge in [-0.2, -0.15) is 20.4 Å². The molecule has 0 aliphatic heterocycles. The fraction of sp³-hybridized carbons (Fsp3) is 0. The van der Waals surface area contributed by atoms with Crippen LogP contribution in [0.3, 0.4) is 0 Å². The van der Waals surface area contributed by atoms with Crippen LogP contribution in [-0.2, 0) is 16.5 Å². The molecule has 4 rings (SSSR count). The smallest absolute Gasteiger partial charge is 0.857 e. The third-order valence-corrected chi connectivity index (χ3v) is 4.02. The monoisotopic (exact) mass is 516 g/mol. The molecule has 0 aliphatic rings. The molecule has 180 valence electrons. The first-order valence-corrected chi connectivity index (χ1v) is 9.74. The number of benzene rings is 2. The maximum Gasteiger partial charge on any atom is 2.00 e. The molecule has 0 amide bonds. The van der Waals surface area contributed by atoms with Gasteiger partial charge in [0.1, 0.15) is 23.0 Å². The Hall–Kier alpha value is -4.63. The minimum absolute atomic E-state index is 0. The Morgan fingerprint density at radius 2 is 1.03 bits per heavy atom. The Kier molecular flexibility index (Phi) is 10.5. The number of para-hydroxylation sites is 2. The van der Waals surface area contributed by atoms with E-state index in [0.29, 0.717) is 11.5 Å². The second-order valence-electron chi connectivity index (χ2n) is 6.36. The zero-order valence-corrected chi connectivity index (χ0v) is 18.9. The van der Waals surface area contributed by atoms with Crippen LogP contribution in [0.5, 0.6) is 11.5 Å². The summed E-state index contributed by atoms with van der Waals surface area (Å²) in [5.41, 5.74) is 0.230. The summed E-state index contributed by atoms with van der Waals surface area (Å²) in [4.78, 5) is 0. The van der Waals surface area contributed by atoms with Crippen molar-refractivity contribution in [1.82, 2.24) is 0 Å². The second kappa shape index (κ2) is 13.8. The van der Waals surface area contributed by atoms with E-state index in [2.05, 4.69) is 20.4 Å². The molecule has 0 radical (unpaired) electrons. The van der Waals surface area contributed by atoms with Gasteiger partial charge in [0.05, 0.1) is 25.0 Å². The molecule has 0 atom stereocenters. The molecule has 2 aromatic heterocycles. The Morgan fingerprint density at radius 1 is 0.629 bits per heavy atom. The SMILES string of the molecule is [Ni+2].[O-]/C(=N\N=C\c1ccco1)c1ccccc1O.[O-]/C(=N\N=C\c1ccco1)c1ccccc1O. The first kappa shape index (κ1) is 26.6. The molecule has 35 heavy (non-hydrogen) atoms. The summed E-state index contributed by atoms with van der Waals surface area (Å²) >= 11 is 0. The fourth-order valence-corrected chi connectivity index (χ4v) is 2.42. The van der Waals surface area contributed by atoms with Crippen LogP contribution < -0.4 is 10.2 Å². The molecule has 2 N–H and O–H groups in total. The summed E-state index contributed by atoms with van der Waals surface area (Å²) in [6, 6.07) is 19.1. The van der Waals surface area contributed by atoms with Gasteiger partial charge in [0, 0.05) is 22.9 Å². The van der Waals surface area contributed by atoms with E-state index in [1.54, 1.807) is 48.5 Å². The maximum absolute atomic E-state index is 11.5. The molecule has 0 aliphatic carbocycles. The van der Waals surface area contributed by atoms with Gasteiger partial charge < -0.3 is 29.3 Å². The van der Waals surface area contributed by atoms with E-state index >= 15 is 0 Å². The Balaban J connectivity index is 0.000000240. The number of nitrogens with zero attached hydrogens (tertiary/aromatic N) is 4. The van der Waals surface area contributed by atoms with Crippen LogP contribution in [0.4, 0.5) is 0 Å². The van der Waals surface area contributed by atoms with Crippen LogP contribution in [0.15, 0.2) is 115 Å². The van der Waals surface area contributed by atoms with Crippen molar-refractivity contribution in [1.29, 1.82) is 0 Å². The number of furan rings is 2. The third-order valence-electron chi connectivity index (χ3n) is 4.02. The first-order chi connectivity index (χ1) is 16.5. The molecule has 11 heteroatoms. The number of phenolic OH excluding ortho intramolecular Hbond substituents is 2. The predicted molar refractivity (Wildman–Crippen MR) is 122 cm³/mol. The van der Waals surface area contributed by atoms with E-state index in [9.17, 15) is 20.4 Å². The molecule has 0 saturated heterocycles. The van der Waals surface area contributed by atoms with Gasteiger partial charge in [0.25, 0.3) is 0 Å². The van der Waals surface area contributed by atoms with Crippen molar-refractivity contribution in [2.45, 2.75) is 0 Å². The van der Waals surface area contributed by atoms with E-state index < -0.39 is 11.8 Å². The van der Waals surface area contributed by atoms with Gasteiger partial charge in [0.2, 0.25) is 0 Å². The van der Waals surface area contributed by atoms with Crippen molar-refractivity contribution in [2.75, 3.05) is 0 Å². The van der Waals surface area contributed by atoms with Gasteiger partial charge in [-0.3, -0.25) is 0 Å². The molecular weight excluding hydrogens is 499 g/mol. The van der Waals surface area contributed by atoms with Crippen molar-refractivity contribution in [3.05, 3.63) is 108 Å². The minimum Gasteiger partial charge on any atom is -0.857 e. The molecule has 0 bridgehead atoms. The summed E-state index contributed by atoms with van der Waals surface area (Å²) in [5.74, 6) is -0.446. The number of hydrogen-bond donors (Lipinski definition) is 2. The molecule has 0 fully saturated rings. The standard InChI is InChI=1S/2C12H10N2O3.Ni/c2*15-11-6-2-1-5-10(11)12(16)14-13-8-9-4-3-7-17-9;/h2*1-8,15H,(H,14,16);/q;;+2/p-2/b2*13-8+;. The summed E-state index contributed by atoms with van der Waals surface area (Å²) in [7, 11) is 0. The normalized spacial score (nSPS) is 11.8. The van der Waals surface area contributed by atoms with Gasteiger partial charge in [0.15, 0.2) is 0 Å². The molecule has 0 saturated carbocycles. The Bertz CT molecular complexity index is 1200. The van der Waals surface area contributed by atoms with Crippen molar-refractivity contribution in [3.8, 4) is 11.5 Å². The number of aromatic hydroxyl groups is 2. The largest absolute Gasteiger partial charge is 2.00 e. The number of phenols is 2. The third kappa shape index (κ3) is 8.34. The van der Waals surface area contributed by atoms with E-state index in [1.165, 1.54) is 49.2 Å². The molecule has 10 nitrogen and oxygen atoms in total. The molecule has 2 aromatic carbocycles. The first-order valence-electron chi connectivity index (χ1n) is 9.74. The van der Waals surface area contributed by atoms with Crippen molar-refractivity contribution >= 4 is 24.2 Å². The van der Waals surface area contributed by atoms with Crippen molar-refractivity contribution < 1.29 is 45.8 Å². The van der Waals surface area contributed by atoms with Crippen LogP contribution in [0.1, 0.15) is 22.6 Å².